The van der Waals surface area contributed by atoms with Gasteiger partial charge in [0.25, 0.3) is 0 Å². The Morgan fingerprint density at radius 1 is 0.929 bits per heavy atom. The Balaban J connectivity index is 1.44. The van der Waals surface area contributed by atoms with E-state index >= 15 is 0 Å². The minimum atomic E-state index is -0.432. The normalized spacial score (nSPS) is 11.6. The van der Waals surface area contributed by atoms with Gasteiger partial charge in [-0.1, -0.05) is 48.5 Å². The topological polar surface area (TPSA) is 64.4 Å². The van der Waals surface area contributed by atoms with Gasteiger partial charge in [-0.25, -0.2) is 4.39 Å². The van der Waals surface area contributed by atoms with Crippen LogP contribution in [-0.4, -0.2) is 11.9 Å². The highest BCUT2D eigenvalue weighted by Gasteiger charge is 2.12. The predicted molar refractivity (Wildman–Crippen MR) is 108 cm³/mol. The van der Waals surface area contributed by atoms with Crippen LogP contribution in [0.25, 0.3) is 0 Å². The lowest BCUT2D eigenvalue weighted by molar-refractivity contribution is -0.121. The van der Waals surface area contributed by atoms with Gasteiger partial charge in [0.05, 0.1) is 0 Å². The molecule has 1 amide bonds. The van der Waals surface area contributed by atoms with Crippen molar-refractivity contribution in [3.63, 3.8) is 0 Å². The summed E-state index contributed by atoms with van der Waals surface area (Å²) in [5, 5.41) is 2.85. The van der Waals surface area contributed by atoms with Crippen molar-refractivity contribution in [2.45, 2.75) is 25.4 Å². The number of rotatable bonds is 8. The summed E-state index contributed by atoms with van der Waals surface area (Å²) in [7, 11) is 0. The Labute approximate surface area is 164 Å². The minimum absolute atomic E-state index is 0.142. The fraction of sp³-hybridized carbons (Fsp3) is 0.174. The molecule has 144 valence electrons. The van der Waals surface area contributed by atoms with Crippen LogP contribution in [0.5, 0.6) is 11.5 Å². The third-order valence-corrected chi connectivity index (χ3v) is 4.28. The molecule has 0 heterocycles. The van der Waals surface area contributed by atoms with E-state index in [-0.39, 0.29) is 18.1 Å². The molecule has 3 aromatic rings. The van der Waals surface area contributed by atoms with Crippen molar-refractivity contribution in [2.24, 2.45) is 5.73 Å². The fourth-order valence-electron chi connectivity index (χ4n) is 2.83. The number of carbonyl (C=O) groups excluding carboxylic acids is 1. The lowest BCUT2D eigenvalue weighted by atomic mass is 10.0. The van der Waals surface area contributed by atoms with Crippen LogP contribution in [-0.2, 0) is 17.8 Å². The van der Waals surface area contributed by atoms with E-state index in [4.69, 9.17) is 10.5 Å². The molecule has 5 heteroatoms. The molecule has 28 heavy (non-hydrogen) atoms. The number of hydrogen-bond donors (Lipinski definition) is 2. The van der Waals surface area contributed by atoms with Crippen LogP contribution in [0.1, 0.15) is 17.5 Å². The van der Waals surface area contributed by atoms with Crippen LogP contribution in [0.15, 0.2) is 78.9 Å². The summed E-state index contributed by atoms with van der Waals surface area (Å²) < 4.78 is 19.4. The summed E-state index contributed by atoms with van der Waals surface area (Å²) in [5.41, 5.74) is 7.47. The molecular formula is C23H23FN2O2. The zero-order valence-electron chi connectivity index (χ0n) is 15.5. The van der Waals surface area contributed by atoms with Gasteiger partial charge < -0.3 is 15.8 Å². The third kappa shape index (κ3) is 5.93. The molecule has 1 atom stereocenters. The van der Waals surface area contributed by atoms with Crippen LogP contribution in [0, 0.1) is 5.82 Å². The molecule has 0 aliphatic carbocycles. The molecule has 0 saturated heterocycles. The lowest BCUT2D eigenvalue weighted by Gasteiger charge is -2.13. The number of hydrogen-bond acceptors (Lipinski definition) is 3. The number of halogens is 1. The third-order valence-electron chi connectivity index (χ3n) is 4.28. The Morgan fingerprint density at radius 3 is 2.29 bits per heavy atom. The molecule has 0 bridgehead atoms. The first-order chi connectivity index (χ1) is 13.6. The minimum Gasteiger partial charge on any atom is -0.457 e. The number of carbonyl (C=O) groups is 1. The van der Waals surface area contributed by atoms with E-state index in [9.17, 15) is 9.18 Å². The molecule has 3 aromatic carbocycles. The van der Waals surface area contributed by atoms with Gasteiger partial charge in [-0.2, -0.15) is 0 Å². The van der Waals surface area contributed by atoms with Gasteiger partial charge in [-0.3, -0.25) is 4.79 Å². The van der Waals surface area contributed by atoms with E-state index in [1.165, 1.54) is 6.07 Å². The molecule has 4 nitrogen and oxygen atoms in total. The summed E-state index contributed by atoms with van der Waals surface area (Å²) in [6.07, 6.45) is 0.467. The summed E-state index contributed by atoms with van der Waals surface area (Å²) in [5.74, 6) is 1.05. The van der Waals surface area contributed by atoms with E-state index in [0.29, 0.717) is 18.5 Å². The Kier molecular flexibility index (Phi) is 6.76. The van der Waals surface area contributed by atoms with Gasteiger partial charge >= 0.3 is 0 Å². The molecular weight excluding hydrogens is 355 g/mol. The van der Waals surface area contributed by atoms with Crippen LogP contribution in [0.3, 0.4) is 0 Å². The fourth-order valence-corrected chi connectivity index (χ4v) is 2.83. The second-order valence-corrected chi connectivity index (χ2v) is 6.60. The number of ether oxygens (including phenoxy) is 1. The number of nitrogens with one attached hydrogen (secondary N) is 1. The first kappa shape index (κ1) is 19.6. The van der Waals surface area contributed by atoms with Gasteiger partial charge in [-0.05, 0) is 47.9 Å². The summed E-state index contributed by atoms with van der Waals surface area (Å²) in [4.78, 5) is 12.1. The van der Waals surface area contributed by atoms with Crippen molar-refractivity contribution in [1.29, 1.82) is 0 Å². The van der Waals surface area contributed by atoms with E-state index in [1.807, 2.05) is 54.6 Å². The monoisotopic (exact) mass is 378 g/mol. The van der Waals surface area contributed by atoms with Crippen molar-refractivity contribution in [3.8, 4) is 11.5 Å². The highest BCUT2D eigenvalue weighted by Crippen LogP contribution is 2.21. The molecule has 0 aromatic heterocycles. The van der Waals surface area contributed by atoms with Crippen LogP contribution in [0.2, 0.25) is 0 Å². The van der Waals surface area contributed by atoms with Crippen molar-refractivity contribution in [1.82, 2.24) is 5.32 Å². The smallest absolute Gasteiger partial charge is 0.221 e. The zero-order chi connectivity index (χ0) is 19.8. The lowest BCUT2D eigenvalue weighted by Crippen LogP contribution is -2.33. The molecule has 3 rings (SSSR count). The quantitative estimate of drug-likeness (QED) is 0.618. The molecule has 0 aliphatic rings. The number of amides is 1. The summed E-state index contributed by atoms with van der Waals surface area (Å²) >= 11 is 0. The summed E-state index contributed by atoms with van der Waals surface area (Å²) in [6, 6.07) is 23.1. The zero-order valence-corrected chi connectivity index (χ0v) is 15.5. The van der Waals surface area contributed by atoms with E-state index in [2.05, 4.69) is 5.32 Å². The van der Waals surface area contributed by atoms with Crippen molar-refractivity contribution in [2.75, 3.05) is 0 Å². The first-order valence-corrected chi connectivity index (χ1v) is 9.17. The Hall–Kier alpha value is -3.18. The predicted octanol–water partition coefficient (Wildman–Crippen LogP) is 4.19. The standard InChI is InChI=1S/C23H23FN2O2/c24-22-9-5-4-6-18(22)14-19(25)15-23(27)26-16-17-10-12-21(13-11-17)28-20-7-2-1-3-8-20/h1-13,19H,14-16,25H2,(H,26,27)/t19-/m1/s1. The number of para-hydroxylation sites is 1. The Morgan fingerprint density at radius 2 is 1.57 bits per heavy atom. The average molecular weight is 378 g/mol. The van der Waals surface area contributed by atoms with Gasteiger partial charge in [0.15, 0.2) is 0 Å². The van der Waals surface area contributed by atoms with E-state index in [1.54, 1.807) is 18.2 Å². The van der Waals surface area contributed by atoms with Crippen molar-refractivity contribution in [3.05, 3.63) is 95.8 Å². The summed E-state index contributed by atoms with van der Waals surface area (Å²) in [6.45, 7) is 0.400. The highest BCUT2D eigenvalue weighted by molar-refractivity contribution is 5.76. The number of nitrogens with two attached hydrogens (primary N) is 1. The second kappa shape index (κ2) is 9.67. The number of benzene rings is 3. The second-order valence-electron chi connectivity index (χ2n) is 6.60. The van der Waals surface area contributed by atoms with Crippen LogP contribution >= 0.6 is 0 Å². The molecule has 0 unspecified atom stereocenters. The van der Waals surface area contributed by atoms with Gasteiger partial charge in [0.1, 0.15) is 17.3 Å². The van der Waals surface area contributed by atoms with E-state index in [0.717, 1.165) is 17.1 Å². The van der Waals surface area contributed by atoms with Gasteiger partial charge in [-0.15, -0.1) is 0 Å². The van der Waals surface area contributed by atoms with Gasteiger partial charge in [0.2, 0.25) is 5.91 Å². The molecule has 0 spiro atoms. The highest BCUT2D eigenvalue weighted by atomic mass is 19.1. The maximum atomic E-state index is 13.7. The van der Waals surface area contributed by atoms with Crippen molar-refractivity contribution >= 4 is 5.91 Å². The largest absolute Gasteiger partial charge is 0.457 e. The molecule has 0 saturated carbocycles. The van der Waals surface area contributed by atoms with Crippen LogP contribution in [0.4, 0.5) is 4.39 Å². The van der Waals surface area contributed by atoms with Crippen LogP contribution < -0.4 is 15.8 Å². The molecule has 0 radical (unpaired) electrons. The van der Waals surface area contributed by atoms with Crippen molar-refractivity contribution < 1.29 is 13.9 Å². The molecule has 0 fully saturated rings. The van der Waals surface area contributed by atoms with E-state index < -0.39 is 6.04 Å². The van der Waals surface area contributed by atoms with Gasteiger partial charge in [0, 0.05) is 19.0 Å². The SMILES string of the molecule is N[C@@H](CC(=O)NCc1ccc(Oc2ccccc2)cc1)Cc1ccccc1F. The maximum Gasteiger partial charge on any atom is 0.221 e. The maximum absolute atomic E-state index is 13.7. The average Bonchev–Trinajstić information content (AvgIpc) is 2.70. The molecule has 3 N–H and O–H groups in total. The molecule has 0 aliphatic heterocycles. The first-order valence-electron chi connectivity index (χ1n) is 9.17. The Bertz CT molecular complexity index is 898.